The first-order valence-corrected chi connectivity index (χ1v) is 5.53. The Bertz CT molecular complexity index is 323. The molecule has 0 saturated carbocycles. The zero-order chi connectivity index (χ0) is 10.8. The molecule has 1 saturated heterocycles. The Morgan fingerprint density at radius 1 is 1.53 bits per heavy atom. The van der Waals surface area contributed by atoms with Crippen LogP contribution in [0.25, 0.3) is 0 Å². The van der Waals surface area contributed by atoms with E-state index < -0.39 is 0 Å². The lowest BCUT2D eigenvalue weighted by Crippen LogP contribution is -2.35. The molecule has 1 aromatic heterocycles. The lowest BCUT2D eigenvalue weighted by Gasteiger charge is -2.32. The maximum atomic E-state index is 10.2. The van der Waals surface area contributed by atoms with Crippen molar-refractivity contribution in [1.29, 1.82) is 0 Å². The molecule has 0 bridgehead atoms. The summed E-state index contributed by atoms with van der Waals surface area (Å²) < 4.78 is 1.76. The molecule has 1 fully saturated rings. The summed E-state index contributed by atoms with van der Waals surface area (Å²) in [4.78, 5) is 2.29. The molecule has 4 nitrogen and oxygen atoms in total. The molecule has 1 aliphatic rings. The number of aromatic nitrogens is 2. The second kappa shape index (κ2) is 4.33. The zero-order valence-corrected chi connectivity index (χ0v) is 9.43. The van der Waals surface area contributed by atoms with Gasteiger partial charge in [-0.05, 0) is 32.5 Å². The second-order valence-corrected chi connectivity index (χ2v) is 4.49. The number of hydrogen-bond acceptors (Lipinski definition) is 3. The maximum absolute atomic E-state index is 10.2. The van der Waals surface area contributed by atoms with Crippen molar-refractivity contribution in [2.75, 3.05) is 20.1 Å². The Labute approximate surface area is 90.5 Å². The molecule has 2 unspecified atom stereocenters. The number of nitrogens with zero attached hydrogens (tertiary/aromatic N) is 3. The van der Waals surface area contributed by atoms with E-state index in [-0.39, 0.29) is 6.10 Å². The standard InChI is InChI=1S/C11H19N3O/c1-13-7-3-4-9(8-13)11(15)10-5-6-12-14(10)2/h5-6,9,11,15H,3-4,7-8H2,1-2H3. The van der Waals surface area contributed by atoms with Crippen LogP contribution >= 0.6 is 0 Å². The van der Waals surface area contributed by atoms with E-state index in [9.17, 15) is 5.11 Å². The van der Waals surface area contributed by atoms with Crippen molar-refractivity contribution in [2.45, 2.75) is 18.9 Å². The van der Waals surface area contributed by atoms with Crippen LogP contribution in [0, 0.1) is 5.92 Å². The SMILES string of the molecule is CN1CCCC(C(O)c2ccnn2C)C1. The van der Waals surface area contributed by atoms with E-state index in [1.165, 1.54) is 6.42 Å². The van der Waals surface area contributed by atoms with E-state index in [0.717, 1.165) is 25.2 Å². The average Bonchev–Trinajstić information content (AvgIpc) is 2.63. The van der Waals surface area contributed by atoms with Crippen LogP contribution in [0.1, 0.15) is 24.6 Å². The van der Waals surface area contributed by atoms with Gasteiger partial charge in [-0.2, -0.15) is 5.10 Å². The van der Waals surface area contributed by atoms with E-state index in [2.05, 4.69) is 17.0 Å². The number of hydrogen-bond donors (Lipinski definition) is 1. The number of likely N-dealkylation sites (tertiary alicyclic amines) is 1. The van der Waals surface area contributed by atoms with Gasteiger partial charge in [-0.1, -0.05) is 0 Å². The van der Waals surface area contributed by atoms with Crippen molar-refractivity contribution in [3.8, 4) is 0 Å². The van der Waals surface area contributed by atoms with Crippen molar-refractivity contribution < 1.29 is 5.11 Å². The van der Waals surface area contributed by atoms with Crippen LogP contribution in [0.3, 0.4) is 0 Å². The van der Waals surface area contributed by atoms with Crippen LogP contribution < -0.4 is 0 Å². The first-order valence-electron chi connectivity index (χ1n) is 5.53. The Kier molecular flexibility index (Phi) is 3.07. The highest BCUT2D eigenvalue weighted by molar-refractivity contribution is 5.06. The summed E-state index contributed by atoms with van der Waals surface area (Å²) >= 11 is 0. The monoisotopic (exact) mass is 209 g/mol. The zero-order valence-electron chi connectivity index (χ0n) is 9.43. The summed E-state index contributed by atoms with van der Waals surface area (Å²) in [7, 11) is 3.99. The minimum absolute atomic E-state index is 0.346. The van der Waals surface area contributed by atoms with Crippen LogP contribution in [0.5, 0.6) is 0 Å². The maximum Gasteiger partial charge on any atom is 0.0996 e. The fourth-order valence-electron chi connectivity index (χ4n) is 2.38. The Morgan fingerprint density at radius 2 is 2.33 bits per heavy atom. The Balaban J connectivity index is 2.07. The van der Waals surface area contributed by atoms with Crippen LogP contribution in [0.15, 0.2) is 12.3 Å². The molecule has 1 aliphatic heterocycles. The van der Waals surface area contributed by atoms with Gasteiger partial charge in [-0.25, -0.2) is 0 Å². The van der Waals surface area contributed by atoms with Crippen LogP contribution in [0.2, 0.25) is 0 Å². The molecule has 0 radical (unpaired) electrons. The molecule has 1 N–H and O–H groups in total. The minimum Gasteiger partial charge on any atom is -0.386 e. The molecular formula is C11H19N3O. The van der Waals surface area contributed by atoms with Gasteiger partial charge < -0.3 is 10.0 Å². The first kappa shape index (κ1) is 10.6. The Morgan fingerprint density at radius 3 is 2.93 bits per heavy atom. The third-order valence-corrected chi connectivity index (χ3v) is 3.27. The number of rotatable bonds is 2. The van der Waals surface area contributed by atoms with E-state index in [4.69, 9.17) is 0 Å². The van der Waals surface area contributed by atoms with E-state index in [1.54, 1.807) is 10.9 Å². The van der Waals surface area contributed by atoms with E-state index in [1.807, 2.05) is 13.1 Å². The molecule has 0 aliphatic carbocycles. The van der Waals surface area contributed by atoms with Gasteiger partial charge in [0.25, 0.3) is 0 Å². The molecule has 0 amide bonds. The van der Waals surface area contributed by atoms with Gasteiger partial charge in [0.1, 0.15) is 0 Å². The van der Waals surface area contributed by atoms with Crippen molar-refractivity contribution in [1.82, 2.24) is 14.7 Å². The molecule has 1 aromatic rings. The summed E-state index contributed by atoms with van der Waals surface area (Å²) in [5.74, 6) is 0.346. The molecule has 4 heteroatoms. The van der Waals surface area contributed by atoms with Crippen molar-refractivity contribution in [2.24, 2.45) is 13.0 Å². The minimum atomic E-state index is -0.375. The number of aliphatic hydroxyl groups is 1. The molecule has 0 aromatic carbocycles. The van der Waals surface area contributed by atoms with E-state index in [0.29, 0.717) is 5.92 Å². The fourth-order valence-corrected chi connectivity index (χ4v) is 2.38. The molecule has 15 heavy (non-hydrogen) atoms. The van der Waals surface area contributed by atoms with Crippen LogP contribution in [-0.2, 0) is 7.05 Å². The van der Waals surface area contributed by atoms with Gasteiger partial charge in [0.05, 0.1) is 11.8 Å². The summed E-state index contributed by atoms with van der Waals surface area (Å²) in [6.45, 7) is 2.13. The van der Waals surface area contributed by atoms with E-state index >= 15 is 0 Å². The quantitative estimate of drug-likeness (QED) is 0.783. The summed E-state index contributed by atoms with van der Waals surface area (Å²) in [5, 5.41) is 14.3. The molecular weight excluding hydrogens is 190 g/mol. The predicted octanol–water partition coefficient (Wildman–Crippen LogP) is 0.795. The van der Waals surface area contributed by atoms with Crippen molar-refractivity contribution in [3.63, 3.8) is 0 Å². The van der Waals surface area contributed by atoms with Gasteiger partial charge in [-0.15, -0.1) is 0 Å². The van der Waals surface area contributed by atoms with Crippen LogP contribution in [0.4, 0.5) is 0 Å². The van der Waals surface area contributed by atoms with Gasteiger partial charge in [0.2, 0.25) is 0 Å². The van der Waals surface area contributed by atoms with Crippen molar-refractivity contribution >= 4 is 0 Å². The van der Waals surface area contributed by atoms with Gasteiger partial charge in [-0.3, -0.25) is 4.68 Å². The number of aliphatic hydroxyl groups excluding tert-OH is 1. The summed E-state index contributed by atoms with van der Waals surface area (Å²) in [6, 6.07) is 1.90. The summed E-state index contributed by atoms with van der Waals surface area (Å²) in [5.41, 5.74) is 0.926. The second-order valence-electron chi connectivity index (χ2n) is 4.49. The summed E-state index contributed by atoms with van der Waals surface area (Å²) in [6.07, 6.45) is 3.65. The highest BCUT2D eigenvalue weighted by Gasteiger charge is 2.26. The predicted molar refractivity (Wildman–Crippen MR) is 58.4 cm³/mol. The third-order valence-electron chi connectivity index (χ3n) is 3.27. The van der Waals surface area contributed by atoms with Gasteiger partial charge in [0, 0.05) is 25.7 Å². The molecule has 84 valence electrons. The van der Waals surface area contributed by atoms with Gasteiger partial charge in [0.15, 0.2) is 0 Å². The Hall–Kier alpha value is -0.870. The molecule has 2 heterocycles. The molecule has 0 spiro atoms. The largest absolute Gasteiger partial charge is 0.386 e. The smallest absolute Gasteiger partial charge is 0.0996 e. The number of piperidine rings is 1. The normalized spacial score (nSPS) is 25.4. The molecule has 2 rings (SSSR count). The third kappa shape index (κ3) is 2.21. The topological polar surface area (TPSA) is 41.3 Å². The highest BCUT2D eigenvalue weighted by atomic mass is 16.3. The fraction of sp³-hybridized carbons (Fsp3) is 0.727. The van der Waals surface area contributed by atoms with Gasteiger partial charge >= 0.3 is 0 Å². The highest BCUT2D eigenvalue weighted by Crippen LogP contribution is 2.28. The molecule has 2 atom stereocenters. The van der Waals surface area contributed by atoms with Crippen LogP contribution in [-0.4, -0.2) is 39.9 Å². The lowest BCUT2D eigenvalue weighted by atomic mass is 9.91. The number of aryl methyl sites for hydroxylation is 1. The lowest BCUT2D eigenvalue weighted by molar-refractivity contribution is 0.0536. The van der Waals surface area contributed by atoms with Crippen molar-refractivity contribution in [3.05, 3.63) is 18.0 Å². The average molecular weight is 209 g/mol. The first-order chi connectivity index (χ1) is 7.18.